The third-order valence-electron chi connectivity index (χ3n) is 2.40. The van der Waals surface area contributed by atoms with E-state index < -0.39 is 38.3 Å². The summed E-state index contributed by atoms with van der Waals surface area (Å²) in [5.41, 5.74) is -1.41. The highest BCUT2D eigenvalue weighted by molar-refractivity contribution is 7.89. The van der Waals surface area contributed by atoms with Gasteiger partial charge in [-0.1, -0.05) is 6.07 Å². The van der Waals surface area contributed by atoms with Crippen molar-refractivity contribution in [2.45, 2.75) is 31.0 Å². The van der Waals surface area contributed by atoms with Gasteiger partial charge in [-0.2, -0.15) is 23.2 Å². The molecule has 1 rings (SSSR count). The van der Waals surface area contributed by atoms with E-state index in [4.69, 9.17) is 5.26 Å². The molecule has 104 valence electrons. The first kappa shape index (κ1) is 15.5. The second-order valence-electron chi connectivity index (χ2n) is 3.90. The van der Waals surface area contributed by atoms with Gasteiger partial charge < -0.3 is 0 Å². The van der Waals surface area contributed by atoms with Crippen molar-refractivity contribution in [3.05, 3.63) is 29.3 Å². The average molecular weight is 292 g/mol. The summed E-state index contributed by atoms with van der Waals surface area (Å²) in [6, 6.07) is 3.50. The van der Waals surface area contributed by atoms with E-state index in [-0.39, 0.29) is 0 Å². The first-order chi connectivity index (χ1) is 8.59. The van der Waals surface area contributed by atoms with Crippen molar-refractivity contribution in [2.24, 2.45) is 0 Å². The van der Waals surface area contributed by atoms with Crippen LogP contribution in [0.1, 0.15) is 18.1 Å². The fourth-order valence-corrected chi connectivity index (χ4v) is 2.95. The van der Waals surface area contributed by atoms with E-state index in [9.17, 15) is 21.6 Å². The average Bonchev–Trinajstić information content (AvgIpc) is 2.26. The van der Waals surface area contributed by atoms with Crippen molar-refractivity contribution in [1.82, 2.24) is 4.72 Å². The van der Waals surface area contributed by atoms with E-state index in [0.29, 0.717) is 0 Å². The van der Waals surface area contributed by atoms with E-state index in [1.807, 2.05) is 4.72 Å². The summed E-state index contributed by atoms with van der Waals surface area (Å²) in [4.78, 5) is -0.482. The van der Waals surface area contributed by atoms with Gasteiger partial charge in [-0.15, -0.1) is 0 Å². The second-order valence-corrected chi connectivity index (χ2v) is 5.58. The summed E-state index contributed by atoms with van der Waals surface area (Å²) in [5, 5.41) is 8.54. The molecule has 0 aliphatic rings. The van der Waals surface area contributed by atoms with Crippen molar-refractivity contribution in [2.75, 3.05) is 0 Å². The lowest BCUT2D eigenvalue weighted by Gasteiger charge is -2.15. The van der Waals surface area contributed by atoms with Gasteiger partial charge >= 0.3 is 6.18 Å². The fraction of sp³-hybridized carbons (Fsp3) is 0.364. The van der Waals surface area contributed by atoms with Gasteiger partial charge in [0, 0.05) is 0 Å². The standard InChI is InChI=1S/C11H11F3N2O2S/c1-7(6-15)16-19(17,18)10-5-3-4-9(8(10)2)11(12,13)14/h3-5,7,16H,1-2H3. The zero-order chi connectivity index (χ0) is 14.8. The molecule has 19 heavy (non-hydrogen) atoms. The van der Waals surface area contributed by atoms with Crippen LogP contribution in [0.4, 0.5) is 13.2 Å². The minimum Gasteiger partial charge on any atom is -0.207 e. The third-order valence-corrected chi connectivity index (χ3v) is 4.09. The lowest BCUT2D eigenvalue weighted by Crippen LogP contribution is -2.32. The third kappa shape index (κ3) is 3.45. The molecule has 8 heteroatoms. The number of nitrogens with one attached hydrogen (secondary N) is 1. The van der Waals surface area contributed by atoms with Gasteiger partial charge in [0.1, 0.15) is 6.04 Å². The van der Waals surface area contributed by atoms with Crippen LogP contribution in [0, 0.1) is 18.3 Å². The number of alkyl halides is 3. The Hall–Kier alpha value is -1.59. The van der Waals surface area contributed by atoms with Gasteiger partial charge in [0.05, 0.1) is 16.5 Å². The molecule has 0 bridgehead atoms. The van der Waals surface area contributed by atoms with Crippen LogP contribution in [0.2, 0.25) is 0 Å². The van der Waals surface area contributed by atoms with E-state index >= 15 is 0 Å². The molecule has 1 aromatic carbocycles. The molecule has 0 saturated heterocycles. The van der Waals surface area contributed by atoms with E-state index in [1.54, 1.807) is 6.07 Å². The molecule has 0 saturated carbocycles. The topological polar surface area (TPSA) is 70.0 Å². The van der Waals surface area contributed by atoms with Crippen molar-refractivity contribution in [1.29, 1.82) is 5.26 Å². The van der Waals surface area contributed by atoms with Gasteiger partial charge in [-0.25, -0.2) is 8.42 Å². The summed E-state index contributed by atoms with van der Waals surface area (Å²) in [7, 11) is -4.16. The van der Waals surface area contributed by atoms with Gasteiger partial charge in [0.25, 0.3) is 0 Å². The minimum absolute atomic E-state index is 0.396. The predicted octanol–water partition coefficient (Wildman–Crippen LogP) is 2.20. The van der Waals surface area contributed by atoms with Crippen LogP contribution in [0.15, 0.2) is 23.1 Å². The van der Waals surface area contributed by atoms with Crippen LogP contribution in [0.25, 0.3) is 0 Å². The summed E-state index contributed by atoms with van der Waals surface area (Å²) in [6.07, 6.45) is -4.63. The van der Waals surface area contributed by atoms with Gasteiger partial charge in [-0.3, -0.25) is 0 Å². The van der Waals surface area contributed by atoms with Crippen LogP contribution in [0.5, 0.6) is 0 Å². The number of halogens is 3. The predicted molar refractivity (Wildman–Crippen MR) is 61.6 cm³/mol. The Bertz CT molecular complexity index is 618. The van der Waals surface area contributed by atoms with E-state index in [1.165, 1.54) is 6.92 Å². The van der Waals surface area contributed by atoms with Crippen molar-refractivity contribution >= 4 is 10.0 Å². The second kappa shape index (κ2) is 5.19. The molecule has 0 heterocycles. The first-order valence-electron chi connectivity index (χ1n) is 5.18. The molecular formula is C11H11F3N2O2S. The highest BCUT2D eigenvalue weighted by atomic mass is 32.2. The molecule has 0 radical (unpaired) electrons. The Morgan fingerprint density at radius 3 is 2.42 bits per heavy atom. The Kier molecular flexibility index (Phi) is 4.22. The van der Waals surface area contributed by atoms with E-state index in [2.05, 4.69) is 0 Å². The molecule has 1 N–H and O–H groups in total. The molecule has 0 aliphatic carbocycles. The number of nitriles is 1. The molecule has 0 fully saturated rings. The van der Waals surface area contributed by atoms with Gasteiger partial charge in [0.15, 0.2) is 0 Å². The maximum atomic E-state index is 12.7. The monoisotopic (exact) mass is 292 g/mol. The van der Waals surface area contributed by atoms with Gasteiger partial charge in [-0.05, 0) is 31.5 Å². The molecule has 1 atom stereocenters. The molecule has 1 aromatic rings. The minimum atomic E-state index is -4.63. The van der Waals surface area contributed by atoms with Crippen LogP contribution in [-0.2, 0) is 16.2 Å². The first-order valence-corrected chi connectivity index (χ1v) is 6.66. The number of benzene rings is 1. The molecule has 0 aromatic heterocycles. The number of hydrogen-bond acceptors (Lipinski definition) is 3. The normalized spacial score (nSPS) is 13.9. The molecule has 0 aliphatic heterocycles. The van der Waals surface area contributed by atoms with Crippen molar-refractivity contribution < 1.29 is 21.6 Å². The highest BCUT2D eigenvalue weighted by Gasteiger charge is 2.34. The zero-order valence-electron chi connectivity index (χ0n) is 10.1. The molecule has 4 nitrogen and oxygen atoms in total. The summed E-state index contributed by atoms with van der Waals surface area (Å²) < 4.78 is 63.8. The smallest absolute Gasteiger partial charge is 0.207 e. The van der Waals surface area contributed by atoms with Crippen LogP contribution < -0.4 is 4.72 Å². The van der Waals surface area contributed by atoms with E-state index in [0.717, 1.165) is 25.1 Å². The number of hydrogen-bond donors (Lipinski definition) is 1. The lowest BCUT2D eigenvalue weighted by atomic mass is 10.1. The Labute approximate surface area is 108 Å². The quantitative estimate of drug-likeness (QED) is 0.928. The largest absolute Gasteiger partial charge is 0.416 e. The highest BCUT2D eigenvalue weighted by Crippen LogP contribution is 2.34. The van der Waals surface area contributed by atoms with Gasteiger partial charge in [0.2, 0.25) is 10.0 Å². The number of sulfonamides is 1. The van der Waals surface area contributed by atoms with Crippen LogP contribution in [-0.4, -0.2) is 14.5 Å². The van der Waals surface area contributed by atoms with Crippen LogP contribution >= 0.6 is 0 Å². The molecule has 0 amide bonds. The summed E-state index contributed by atoms with van der Waals surface area (Å²) in [5.74, 6) is 0. The Morgan fingerprint density at radius 2 is 1.95 bits per heavy atom. The summed E-state index contributed by atoms with van der Waals surface area (Å²) in [6.45, 7) is 2.37. The lowest BCUT2D eigenvalue weighted by molar-refractivity contribution is -0.138. The Morgan fingerprint density at radius 1 is 1.37 bits per heavy atom. The maximum absolute atomic E-state index is 12.7. The SMILES string of the molecule is Cc1c(C(F)(F)F)cccc1S(=O)(=O)NC(C)C#N. The maximum Gasteiger partial charge on any atom is 0.416 e. The fourth-order valence-electron chi connectivity index (χ4n) is 1.54. The summed E-state index contributed by atoms with van der Waals surface area (Å²) >= 11 is 0. The molecule has 0 spiro atoms. The molecular weight excluding hydrogens is 281 g/mol. The zero-order valence-corrected chi connectivity index (χ0v) is 10.9. The number of nitrogens with zero attached hydrogens (tertiary/aromatic N) is 1. The molecule has 1 unspecified atom stereocenters. The van der Waals surface area contributed by atoms with Crippen molar-refractivity contribution in [3.63, 3.8) is 0 Å². The van der Waals surface area contributed by atoms with Crippen molar-refractivity contribution in [3.8, 4) is 6.07 Å². The van der Waals surface area contributed by atoms with Crippen LogP contribution in [0.3, 0.4) is 0 Å². The Balaban J connectivity index is 3.35. The number of rotatable bonds is 3.